The summed E-state index contributed by atoms with van der Waals surface area (Å²) in [6.07, 6.45) is 2.75. The van der Waals surface area contributed by atoms with E-state index < -0.39 is 0 Å². The predicted octanol–water partition coefficient (Wildman–Crippen LogP) is 2.53. The van der Waals surface area contributed by atoms with Gasteiger partial charge in [-0.2, -0.15) is 0 Å². The van der Waals surface area contributed by atoms with Crippen LogP contribution in [0.1, 0.15) is 24.1 Å². The van der Waals surface area contributed by atoms with Crippen LogP contribution < -0.4 is 5.32 Å². The smallest absolute Gasteiger partial charge is 0.117 e. The Bertz CT molecular complexity index is 423. The van der Waals surface area contributed by atoms with Crippen LogP contribution in [0.15, 0.2) is 40.9 Å². The van der Waals surface area contributed by atoms with Gasteiger partial charge in [0.1, 0.15) is 11.5 Å². The van der Waals surface area contributed by atoms with Crippen molar-refractivity contribution in [1.82, 2.24) is 10.3 Å². The molecular weight excluding hydrogens is 200 g/mol. The Morgan fingerprint density at radius 1 is 1.12 bits per heavy atom. The Balaban J connectivity index is 1.80. The number of hydrogen-bond donors (Lipinski definition) is 1. The molecule has 0 fully saturated rings. The number of aryl methyl sites for hydroxylation is 1. The third-order valence-corrected chi connectivity index (χ3v) is 2.40. The van der Waals surface area contributed by atoms with Gasteiger partial charge in [0, 0.05) is 19.2 Å². The van der Waals surface area contributed by atoms with Gasteiger partial charge in [0.2, 0.25) is 0 Å². The fourth-order valence-electron chi connectivity index (χ4n) is 1.52. The molecule has 0 aliphatic rings. The number of nitrogens with zero attached hydrogens (tertiary/aromatic N) is 1. The molecule has 0 atom stereocenters. The van der Waals surface area contributed by atoms with Crippen molar-refractivity contribution in [2.75, 3.05) is 0 Å². The minimum atomic E-state index is 0.747. The van der Waals surface area contributed by atoms with Crippen molar-refractivity contribution in [3.8, 4) is 0 Å². The van der Waals surface area contributed by atoms with Crippen molar-refractivity contribution in [3.63, 3.8) is 0 Å². The van der Waals surface area contributed by atoms with E-state index in [4.69, 9.17) is 4.42 Å². The van der Waals surface area contributed by atoms with Crippen LogP contribution in [0.3, 0.4) is 0 Å². The van der Waals surface area contributed by atoms with E-state index in [-0.39, 0.29) is 0 Å². The first-order valence-electron chi connectivity index (χ1n) is 5.56. The molecule has 2 rings (SSSR count). The Hall–Kier alpha value is -1.61. The van der Waals surface area contributed by atoms with E-state index in [1.807, 2.05) is 30.3 Å². The van der Waals surface area contributed by atoms with Crippen molar-refractivity contribution in [1.29, 1.82) is 0 Å². The van der Waals surface area contributed by atoms with Crippen molar-refractivity contribution in [2.24, 2.45) is 0 Å². The van der Waals surface area contributed by atoms with Crippen LogP contribution in [0.4, 0.5) is 0 Å². The van der Waals surface area contributed by atoms with E-state index >= 15 is 0 Å². The first-order chi connectivity index (χ1) is 7.88. The van der Waals surface area contributed by atoms with Crippen LogP contribution in [0.2, 0.25) is 0 Å². The summed E-state index contributed by atoms with van der Waals surface area (Å²) in [4.78, 5) is 4.24. The molecule has 3 heteroatoms. The summed E-state index contributed by atoms with van der Waals surface area (Å²) in [6, 6.07) is 9.96. The lowest BCUT2D eigenvalue weighted by Crippen LogP contribution is -2.12. The van der Waals surface area contributed by atoms with Gasteiger partial charge in [-0.05, 0) is 24.3 Å². The largest absolute Gasteiger partial charge is 0.465 e. The molecule has 0 amide bonds. The normalized spacial score (nSPS) is 10.6. The predicted molar refractivity (Wildman–Crippen MR) is 62.9 cm³/mol. The molecule has 2 aromatic rings. The zero-order valence-corrected chi connectivity index (χ0v) is 9.44. The average Bonchev–Trinajstić information content (AvgIpc) is 2.78. The number of rotatable bonds is 5. The van der Waals surface area contributed by atoms with Crippen LogP contribution in [0, 0.1) is 0 Å². The average molecular weight is 216 g/mol. The van der Waals surface area contributed by atoms with Crippen LogP contribution in [0.25, 0.3) is 0 Å². The fourth-order valence-corrected chi connectivity index (χ4v) is 1.52. The van der Waals surface area contributed by atoms with Gasteiger partial charge >= 0.3 is 0 Å². The van der Waals surface area contributed by atoms with E-state index in [2.05, 4.69) is 17.2 Å². The molecule has 0 spiro atoms. The zero-order chi connectivity index (χ0) is 11.2. The van der Waals surface area contributed by atoms with Crippen LogP contribution in [-0.4, -0.2) is 4.98 Å². The second-order valence-electron chi connectivity index (χ2n) is 3.65. The van der Waals surface area contributed by atoms with Crippen LogP contribution in [0.5, 0.6) is 0 Å². The molecule has 0 unspecified atom stereocenters. The molecule has 2 heterocycles. The minimum absolute atomic E-state index is 0.747. The van der Waals surface area contributed by atoms with Crippen molar-refractivity contribution in [3.05, 3.63) is 53.7 Å². The van der Waals surface area contributed by atoms with Gasteiger partial charge in [0.15, 0.2) is 0 Å². The zero-order valence-electron chi connectivity index (χ0n) is 9.44. The van der Waals surface area contributed by atoms with Crippen molar-refractivity contribution < 1.29 is 4.42 Å². The highest BCUT2D eigenvalue weighted by Crippen LogP contribution is 2.08. The molecule has 0 aliphatic carbocycles. The van der Waals surface area contributed by atoms with Crippen molar-refractivity contribution in [2.45, 2.75) is 26.4 Å². The van der Waals surface area contributed by atoms with Crippen LogP contribution in [-0.2, 0) is 19.5 Å². The quantitative estimate of drug-likeness (QED) is 0.834. The van der Waals surface area contributed by atoms with Crippen LogP contribution >= 0.6 is 0 Å². The number of nitrogens with one attached hydrogen (secondary N) is 1. The molecule has 16 heavy (non-hydrogen) atoms. The monoisotopic (exact) mass is 216 g/mol. The summed E-state index contributed by atoms with van der Waals surface area (Å²) < 4.78 is 5.59. The minimum Gasteiger partial charge on any atom is -0.465 e. The van der Waals surface area contributed by atoms with E-state index in [0.29, 0.717) is 0 Å². The topological polar surface area (TPSA) is 38.1 Å². The summed E-state index contributed by atoms with van der Waals surface area (Å²) >= 11 is 0. The lowest BCUT2D eigenvalue weighted by Gasteiger charge is -2.01. The molecule has 3 nitrogen and oxygen atoms in total. The second kappa shape index (κ2) is 5.47. The number of aromatic nitrogens is 1. The fraction of sp³-hybridized carbons (Fsp3) is 0.308. The van der Waals surface area contributed by atoms with Gasteiger partial charge < -0.3 is 9.73 Å². The molecule has 0 aromatic carbocycles. The van der Waals surface area contributed by atoms with Gasteiger partial charge in [-0.1, -0.05) is 13.0 Å². The maximum atomic E-state index is 5.59. The summed E-state index contributed by atoms with van der Waals surface area (Å²) in [5.74, 6) is 2.02. The SMILES string of the molecule is CCc1ccc(CNCc2ccccn2)o1. The molecule has 0 saturated heterocycles. The number of furan rings is 1. The third-order valence-electron chi connectivity index (χ3n) is 2.40. The Morgan fingerprint density at radius 2 is 2.00 bits per heavy atom. The van der Waals surface area contributed by atoms with E-state index in [0.717, 1.165) is 36.7 Å². The molecule has 2 aromatic heterocycles. The first kappa shape index (κ1) is 10.9. The summed E-state index contributed by atoms with van der Waals surface area (Å²) in [6.45, 7) is 3.60. The van der Waals surface area contributed by atoms with Gasteiger partial charge in [0.05, 0.1) is 12.2 Å². The van der Waals surface area contributed by atoms with Crippen molar-refractivity contribution >= 4 is 0 Å². The molecule has 0 saturated carbocycles. The number of pyridine rings is 1. The summed E-state index contributed by atoms with van der Waals surface area (Å²) in [5, 5.41) is 3.30. The molecular formula is C13H16N2O. The first-order valence-corrected chi connectivity index (χ1v) is 5.56. The molecule has 0 bridgehead atoms. The van der Waals surface area contributed by atoms with Gasteiger partial charge in [-0.25, -0.2) is 0 Å². The van der Waals surface area contributed by atoms with Gasteiger partial charge in [0.25, 0.3) is 0 Å². The highest BCUT2D eigenvalue weighted by molar-refractivity contribution is 5.07. The highest BCUT2D eigenvalue weighted by Gasteiger charge is 1.99. The molecule has 1 N–H and O–H groups in total. The lowest BCUT2D eigenvalue weighted by atomic mass is 10.3. The van der Waals surface area contributed by atoms with E-state index in [1.54, 1.807) is 6.20 Å². The van der Waals surface area contributed by atoms with E-state index in [9.17, 15) is 0 Å². The standard InChI is InChI=1S/C13H16N2O/c1-2-12-6-7-13(16-12)10-14-9-11-5-3-4-8-15-11/h3-8,14H,2,9-10H2,1H3. The van der Waals surface area contributed by atoms with Gasteiger partial charge in [-0.15, -0.1) is 0 Å². The summed E-state index contributed by atoms with van der Waals surface area (Å²) in [7, 11) is 0. The van der Waals surface area contributed by atoms with E-state index in [1.165, 1.54) is 0 Å². The highest BCUT2D eigenvalue weighted by atomic mass is 16.3. The van der Waals surface area contributed by atoms with Gasteiger partial charge in [-0.3, -0.25) is 4.98 Å². The maximum Gasteiger partial charge on any atom is 0.117 e. The lowest BCUT2D eigenvalue weighted by molar-refractivity contribution is 0.449. The Morgan fingerprint density at radius 3 is 2.69 bits per heavy atom. The summed E-state index contributed by atoms with van der Waals surface area (Å²) in [5.41, 5.74) is 1.05. The number of hydrogen-bond acceptors (Lipinski definition) is 3. The molecule has 0 radical (unpaired) electrons. The second-order valence-corrected chi connectivity index (χ2v) is 3.65. The molecule has 0 aliphatic heterocycles. The Labute approximate surface area is 95.5 Å². The third kappa shape index (κ3) is 2.94. The Kier molecular flexibility index (Phi) is 3.72. The maximum absolute atomic E-state index is 5.59. The molecule has 84 valence electrons.